The maximum absolute atomic E-state index is 12.3. The molecule has 0 heterocycles. The van der Waals surface area contributed by atoms with Crippen LogP contribution in [0.1, 0.15) is 20.8 Å². The van der Waals surface area contributed by atoms with E-state index in [4.69, 9.17) is 0 Å². The maximum Gasteiger partial charge on any atom is 0.428 e. The fourth-order valence-corrected chi connectivity index (χ4v) is 0.582. The molecule has 1 atom stereocenters. The number of alkyl halides is 4. The maximum atomic E-state index is 12.3. The first-order chi connectivity index (χ1) is 5.54. The zero-order valence-electron chi connectivity index (χ0n) is 7.50. The zero-order valence-corrected chi connectivity index (χ0v) is 7.50. The summed E-state index contributed by atoms with van der Waals surface area (Å²) in [6, 6.07) is 0. The van der Waals surface area contributed by atoms with Crippen LogP contribution in [0.15, 0.2) is 0 Å². The summed E-state index contributed by atoms with van der Waals surface area (Å²) in [7, 11) is 0. The Hall–Kier alpha value is -0.810. The predicted molar refractivity (Wildman–Crippen MR) is 38.8 cm³/mol. The first-order valence-electron chi connectivity index (χ1n) is 3.57. The predicted octanol–water partition coefficient (Wildman–Crippen LogP) is 1.80. The van der Waals surface area contributed by atoms with Crippen LogP contribution in [0.2, 0.25) is 0 Å². The number of halogens is 4. The zero-order chi connectivity index (χ0) is 10.9. The van der Waals surface area contributed by atoms with Crippen molar-refractivity contribution in [1.82, 2.24) is 5.32 Å². The Bertz CT molecular complexity index is 194. The Morgan fingerprint density at radius 2 is 1.62 bits per heavy atom. The molecule has 0 bridgehead atoms. The van der Waals surface area contributed by atoms with E-state index in [0.717, 1.165) is 0 Å². The van der Waals surface area contributed by atoms with Crippen LogP contribution in [0.4, 0.5) is 17.6 Å². The lowest BCUT2D eigenvalue weighted by molar-refractivity contribution is -0.187. The Morgan fingerprint density at radius 1 is 1.23 bits per heavy atom. The van der Waals surface area contributed by atoms with E-state index in [9.17, 15) is 22.4 Å². The molecule has 0 fully saturated rings. The number of amides is 1. The van der Waals surface area contributed by atoms with Crippen molar-refractivity contribution in [3.63, 3.8) is 0 Å². The lowest BCUT2D eigenvalue weighted by Crippen LogP contribution is -2.48. The van der Waals surface area contributed by atoms with Gasteiger partial charge in [0.2, 0.25) is 0 Å². The van der Waals surface area contributed by atoms with Crippen molar-refractivity contribution in [2.75, 3.05) is 0 Å². The second-order valence-electron chi connectivity index (χ2n) is 3.64. The molecule has 0 aliphatic carbocycles. The van der Waals surface area contributed by atoms with E-state index in [1.807, 2.05) is 5.32 Å². The first-order valence-corrected chi connectivity index (χ1v) is 3.57. The Morgan fingerprint density at radius 3 is 1.85 bits per heavy atom. The molecule has 0 aromatic heterocycles. The van der Waals surface area contributed by atoms with Crippen LogP contribution >= 0.6 is 0 Å². The van der Waals surface area contributed by atoms with E-state index in [-0.39, 0.29) is 0 Å². The third-order valence-electron chi connectivity index (χ3n) is 1.02. The Labute approximate surface area is 73.3 Å². The minimum Gasteiger partial charge on any atom is -0.349 e. The van der Waals surface area contributed by atoms with Crippen LogP contribution in [0, 0.1) is 0 Å². The fourth-order valence-electron chi connectivity index (χ4n) is 0.582. The molecule has 0 saturated carbocycles. The minimum absolute atomic E-state index is 0.868. The molecule has 2 nitrogen and oxygen atoms in total. The number of hydrogen-bond acceptors (Lipinski definition) is 1. The van der Waals surface area contributed by atoms with Gasteiger partial charge in [-0.1, -0.05) is 0 Å². The van der Waals surface area contributed by atoms with E-state index in [1.165, 1.54) is 20.8 Å². The molecule has 1 amide bonds. The van der Waals surface area contributed by atoms with Crippen molar-refractivity contribution in [1.29, 1.82) is 0 Å². The average molecular weight is 201 g/mol. The largest absolute Gasteiger partial charge is 0.428 e. The van der Waals surface area contributed by atoms with Gasteiger partial charge in [0.05, 0.1) is 0 Å². The van der Waals surface area contributed by atoms with Gasteiger partial charge in [-0.05, 0) is 20.8 Å². The van der Waals surface area contributed by atoms with E-state index < -0.39 is 23.8 Å². The van der Waals surface area contributed by atoms with Gasteiger partial charge in [0, 0.05) is 5.54 Å². The summed E-state index contributed by atoms with van der Waals surface area (Å²) in [5.41, 5.74) is -0.868. The Kier molecular flexibility index (Phi) is 3.29. The highest BCUT2D eigenvalue weighted by atomic mass is 19.4. The van der Waals surface area contributed by atoms with Crippen LogP contribution in [-0.2, 0) is 4.79 Å². The fraction of sp³-hybridized carbons (Fsp3) is 0.857. The number of carbonyl (C=O) groups excluding carboxylic acids is 1. The van der Waals surface area contributed by atoms with Crippen LogP contribution in [0.5, 0.6) is 0 Å². The third kappa shape index (κ3) is 4.69. The van der Waals surface area contributed by atoms with E-state index >= 15 is 0 Å². The Balaban J connectivity index is 4.30. The summed E-state index contributed by atoms with van der Waals surface area (Å²) in [5.74, 6) is -1.65. The van der Waals surface area contributed by atoms with Gasteiger partial charge in [-0.2, -0.15) is 13.2 Å². The van der Waals surface area contributed by atoms with E-state index in [2.05, 4.69) is 0 Å². The quantitative estimate of drug-likeness (QED) is 0.644. The number of hydrogen-bond donors (Lipinski definition) is 1. The molecule has 6 heteroatoms. The van der Waals surface area contributed by atoms with Gasteiger partial charge in [-0.3, -0.25) is 4.79 Å². The van der Waals surface area contributed by atoms with Gasteiger partial charge in [0.15, 0.2) is 0 Å². The van der Waals surface area contributed by atoms with Crippen LogP contribution < -0.4 is 5.32 Å². The second kappa shape index (κ2) is 3.51. The molecule has 0 aliphatic rings. The SMILES string of the molecule is CC(C)(C)NC(=O)[C@H](F)C(F)(F)F. The van der Waals surface area contributed by atoms with E-state index in [0.29, 0.717) is 0 Å². The van der Waals surface area contributed by atoms with Gasteiger partial charge >= 0.3 is 6.18 Å². The van der Waals surface area contributed by atoms with Crippen molar-refractivity contribution >= 4 is 5.91 Å². The molecule has 0 aromatic carbocycles. The average Bonchev–Trinajstić information content (AvgIpc) is 1.79. The molecule has 0 rings (SSSR count). The van der Waals surface area contributed by atoms with Crippen molar-refractivity contribution < 1.29 is 22.4 Å². The van der Waals surface area contributed by atoms with Crippen molar-refractivity contribution in [3.8, 4) is 0 Å². The van der Waals surface area contributed by atoms with Gasteiger partial charge in [0.1, 0.15) is 0 Å². The summed E-state index contributed by atoms with van der Waals surface area (Å²) in [4.78, 5) is 10.6. The molecule has 78 valence electrons. The lowest BCUT2D eigenvalue weighted by atomic mass is 10.1. The molecular weight excluding hydrogens is 190 g/mol. The van der Waals surface area contributed by atoms with Gasteiger partial charge in [-0.25, -0.2) is 4.39 Å². The van der Waals surface area contributed by atoms with Crippen LogP contribution in [0.3, 0.4) is 0 Å². The molecule has 13 heavy (non-hydrogen) atoms. The summed E-state index contributed by atoms with van der Waals surface area (Å²) >= 11 is 0. The third-order valence-corrected chi connectivity index (χ3v) is 1.02. The highest BCUT2D eigenvalue weighted by molar-refractivity contribution is 5.82. The molecule has 0 aliphatic heterocycles. The van der Waals surface area contributed by atoms with E-state index in [1.54, 1.807) is 0 Å². The van der Waals surface area contributed by atoms with Gasteiger partial charge < -0.3 is 5.32 Å². The smallest absolute Gasteiger partial charge is 0.349 e. The number of nitrogens with one attached hydrogen (secondary N) is 1. The van der Waals surface area contributed by atoms with Crippen LogP contribution in [-0.4, -0.2) is 23.8 Å². The minimum atomic E-state index is -5.13. The lowest BCUT2D eigenvalue weighted by Gasteiger charge is -2.22. The normalized spacial score (nSPS) is 15.3. The van der Waals surface area contributed by atoms with Crippen molar-refractivity contribution in [2.24, 2.45) is 0 Å². The molecule has 0 radical (unpaired) electrons. The molecule has 0 aromatic rings. The molecular formula is C7H11F4NO. The summed E-state index contributed by atoms with van der Waals surface area (Å²) in [6.45, 7) is 4.40. The highest BCUT2D eigenvalue weighted by Gasteiger charge is 2.46. The molecule has 0 spiro atoms. The summed E-state index contributed by atoms with van der Waals surface area (Å²) < 4.78 is 47.2. The summed E-state index contributed by atoms with van der Waals surface area (Å²) in [5, 5.41) is 1.89. The van der Waals surface area contributed by atoms with Crippen molar-refractivity contribution in [3.05, 3.63) is 0 Å². The number of rotatable bonds is 1. The second-order valence-corrected chi connectivity index (χ2v) is 3.64. The molecule has 0 unspecified atom stereocenters. The molecule has 1 N–H and O–H groups in total. The topological polar surface area (TPSA) is 29.1 Å². The first kappa shape index (κ1) is 12.2. The number of carbonyl (C=O) groups is 1. The summed E-state index contributed by atoms with van der Waals surface area (Å²) in [6.07, 6.45) is -8.58. The van der Waals surface area contributed by atoms with Gasteiger partial charge in [0.25, 0.3) is 12.1 Å². The highest BCUT2D eigenvalue weighted by Crippen LogP contribution is 2.23. The van der Waals surface area contributed by atoms with Gasteiger partial charge in [-0.15, -0.1) is 0 Å². The standard InChI is InChI=1S/C7H11F4NO/c1-6(2,3)12-5(13)4(8)7(9,10)11/h4H,1-3H3,(H,12,13)/t4-/m0/s1. The molecule has 0 saturated heterocycles. The van der Waals surface area contributed by atoms with Crippen LogP contribution in [0.25, 0.3) is 0 Å². The monoisotopic (exact) mass is 201 g/mol. The van der Waals surface area contributed by atoms with Crippen molar-refractivity contribution in [2.45, 2.75) is 38.7 Å².